The Bertz CT molecular complexity index is 799. The van der Waals surface area contributed by atoms with E-state index in [2.05, 4.69) is 10.6 Å². The number of benzene rings is 2. The van der Waals surface area contributed by atoms with Gasteiger partial charge in [0.15, 0.2) is 0 Å². The van der Waals surface area contributed by atoms with Crippen LogP contribution in [0.25, 0.3) is 0 Å². The standard InChI is InChI=1S/C18H16Cl2N2O2/c1-11-2-3-13(20)10-15(11)22-17(24)18(8-9-18)16(23)21-14-6-4-12(19)5-7-14/h2-7,10H,8-9H2,1H3,(H,21,23)(H,22,24). The molecule has 1 fully saturated rings. The van der Waals surface area contributed by atoms with E-state index in [0.29, 0.717) is 34.3 Å². The van der Waals surface area contributed by atoms with Crippen LogP contribution in [-0.4, -0.2) is 11.8 Å². The number of carbonyl (C=O) groups excluding carboxylic acids is 2. The molecule has 124 valence electrons. The average Bonchev–Trinajstić information content (AvgIpc) is 3.35. The highest BCUT2D eigenvalue weighted by molar-refractivity contribution is 6.31. The number of halogens is 2. The second-order valence-electron chi connectivity index (χ2n) is 5.96. The smallest absolute Gasteiger partial charge is 0.240 e. The molecule has 0 bridgehead atoms. The summed E-state index contributed by atoms with van der Waals surface area (Å²) in [6, 6.07) is 12.0. The Balaban J connectivity index is 1.72. The van der Waals surface area contributed by atoms with Crippen molar-refractivity contribution < 1.29 is 9.59 Å². The van der Waals surface area contributed by atoms with Gasteiger partial charge in [0.25, 0.3) is 0 Å². The van der Waals surface area contributed by atoms with Crippen LogP contribution in [0.1, 0.15) is 18.4 Å². The highest BCUT2D eigenvalue weighted by atomic mass is 35.5. The molecule has 24 heavy (non-hydrogen) atoms. The lowest BCUT2D eigenvalue weighted by Crippen LogP contribution is -2.35. The maximum Gasteiger partial charge on any atom is 0.240 e. The van der Waals surface area contributed by atoms with E-state index in [1.165, 1.54) is 0 Å². The predicted molar refractivity (Wildman–Crippen MR) is 96.6 cm³/mol. The molecule has 1 aliphatic carbocycles. The molecule has 2 aromatic rings. The Kier molecular flexibility index (Phi) is 4.52. The first-order valence-electron chi connectivity index (χ1n) is 7.55. The van der Waals surface area contributed by atoms with Crippen molar-refractivity contribution in [2.24, 2.45) is 5.41 Å². The number of anilines is 2. The number of hydrogen-bond donors (Lipinski definition) is 2. The molecular formula is C18H16Cl2N2O2. The van der Waals surface area contributed by atoms with Crippen LogP contribution < -0.4 is 10.6 Å². The van der Waals surface area contributed by atoms with E-state index >= 15 is 0 Å². The van der Waals surface area contributed by atoms with Gasteiger partial charge < -0.3 is 10.6 Å². The summed E-state index contributed by atoms with van der Waals surface area (Å²) in [5.41, 5.74) is 1.11. The van der Waals surface area contributed by atoms with E-state index in [9.17, 15) is 9.59 Å². The first-order chi connectivity index (χ1) is 11.4. The van der Waals surface area contributed by atoms with Crippen LogP contribution in [0.5, 0.6) is 0 Å². The molecule has 2 aromatic carbocycles. The summed E-state index contributed by atoms with van der Waals surface area (Å²) in [6.45, 7) is 1.87. The molecule has 6 heteroatoms. The van der Waals surface area contributed by atoms with Crippen molar-refractivity contribution in [1.29, 1.82) is 0 Å². The van der Waals surface area contributed by atoms with Gasteiger partial charge in [-0.3, -0.25) is 9.59 Å². The quantitative estimate of drug-likeness (QED) is 0.777. The minimum atomic E-state index is -1.02. The third-order valence-electron chi connectivity index (χ3n) is 4.17. The molecule has 4 nitrogen and oxygen atoms in total. The van der Waals surface area contributed by atoms with Gasteiger partial charge in [-0.15, -0.1) is 0 Å². The van der Waals surface area contributed by atoms with Gasteiger partial charge in [-0.05, 0) is 61.7 Å². The van der Waals surface area contributed by atoms with Crippen LogP contribution in [0.2, 0.25) is 10.0 Å². The first kappa shape index (κ1) is 16.8. The zero-order chi connectivity index (χ0) is 17.3. The van der Waals surface area contributed by atoms with Crippen LogP contribution in [0.3, 0.4) is 0 Å². The van der Waals surface area contributed by atoms with Crippen molar-refractivity contribution in [3.8, 4) is 0 Å². The van der Waals surface area contributed by atoms with Crippen LogP contribution in [-0.2, 0) is 9.59 Å². The Hall–Kier alpha value is -2.04. The van der Waals surface area contributed by atoms with Crippen molar-refractivity contribution in [3.05, 3.63) is 58.1 Å². The number of amides is 2. The van der Waals surface area contributed by atoms with E-state index in [1.807, 2.05) is 13.0 Å². The number of carbonyl (C=O) groups is 2. The second kappa shape index (κ2) is 6.46. The lowest BCUT2D eigenvalue weighted by Gasteiger charge is -2.16. The molecule has 0 radical (unpaired) electrons. The Labute approximate surface area is 150 Å². The lowest BCUT2D eigenvalue weighted by atomic mass is 10.0. The van der Waals surface area contributed by atoms with Gasteiger partial charge >= 0.3 is 0 Å². The van der Waals surface area contributed by atoms with Gasteiger partial charge in [0.05, 0.1) is 0 Å². The normalized spacial score (nSPS) is 14.8. The third kappa shape index (κ3) is 3.40. The zero-order valence-electron chi connectivity index (χ0n) is 13.0. The molecule has 1 aliphatic rings. The summed E-state index contributed by atoms with van der Waals surface area (Å²) in [5, 5.41) is 6.72. The molecule has 0 unspecified atom stereocenters. The molecule has 0 saturated heterocycles. The number of nitrogens with one attached hydrogen (secondary N) is 2. The average molecular weight is 363 g/mol. The number of aryl methyl sites for hydroxylation is 1. The monoisotopic (exact) mass is 362 g/mol. The fourth-order valence-corrected chi connectivity index (χ4v) is 2.74. The fraction of sp³-hybridized carbons (Fsp3) is 0.222. The summed E-state index contributed by atoms with van der Waals surface area (Å²) in [5.74, 6) is -0.610. The molecular weight excluding hydrogens is 347 g/mol. The van der Waals surface area contributed by atoms with Crippen molar-refractivity contribution >= 4 is 46.4 Å². The van der Waals surface area contributed by atoms with E-state index < -0.39 is 5.41 Å². The van der Waals surface area contributed by atoms with Crippen molar-refractivity contribution in [3.63, 3.8) is 0 Å². The summed E-state index contributed by atoms with van der Waals surface area (Å²) in [6.07, 6.45) is 1.05. The third-order valence-corrected chi connectivity index (χ3v) is 4.66. The minimum Gasteiger partial charge on any atom is -0.325 e. The molecule has 0 atom stereocenters. The minimum absolute atomic E-state index is 0.304. The predicted octanol–water partition coefficient (Wildman–Crippen LogP) is 4.66. The zero-order valence-corrected chi connectivity index (χ0v) is 14.5. The number of rotatable bonds is 4. The second-order valence-corrected chi connectivity index (χ2v) is 6.83. The van der Waals surface area contributed by atoms with Gasteiger partial charge in [-0.25, -0.2) is 0 Å². The van der Waals surface area contributed by atoms with Crippen molar-refractivity contribution in [2.45, 2.75) is 19.8 Å². The summed E-state index contributed by atoms with van der Waals surface area (Å²) >= 11 is 11.8. The molecule has 3 rings (SSSR count). The van der Waals surface area contributed by atoms with Crippen LogP contribution in [0, 0.1) is 12.3 Å². The summed E-state index contributed by atoms with van der Waals surface area (Å²) in [7, 11) is 0. The Morgan fingerprint density at radius 2 is 1.50 bits per heavy atom. The van der Waals surface area contributed by atoms with Crippen LogP contribution >= 0.6 is 23.2 Å². The van der Waals surface area contributed by atoms with Gasteiger partial charge in [0.2, 0.25) is 11.8 Å². The van der Waals surface area contributed by atoms with Crippen LogP contribution in [0.15, 0.2) is 42.5 Å². The summed E-state index contributed by atoms with van der Waals surface area (Å²) in [4.78, 5) is 25.1. The molecule has 1 saturated carbocycles. The SMILES string of the molecule is Cc1ccc(Cl)cc1NC(=O)C1(C(=O)Nc2ccc(Cl)cc2)CC1. The van der Waals surface area contributed by atoms with E-state index in [4.69, 9.17) is 23.2 Å². The van der Waals surface area contributed by atoms with Crippen molar-refractivity contribution in [1.82, 2.24) is 0 Å². The Morgan fingerprint density at radius 1 is 0.917 bits per heavy atom. The van der Waals surface area contributed by atoms with Crippen LogP contribution in [0.4, 0.5) is 11.4 Å². The summed E-state index contributed by atoms with van der Waals surface area (Å²) < 4.78 is 0. The highest BCUT2D eigenvalue weighted by Crippen LogP contribution is 2.47. The van der Waals surface area contributed by atoms with E-state index in [1.54, 1.807) is 36.4 Å². The Morgan fingerprint density at radius 3 is 2.12 bits per heavy atom. The molecule has 2 amide bonds. The highest BCUT2D eigenvalue weighted by Gasteiger charge is 2.56. The molecule has 2 N–H and O–H groups in total. The molecule has 0 heterocycles. The maximum absolute atomic E-state index is 12.6. The van der Waals surface area contributed by atoms with Gasteiger partial charge in [0.1, 0.15) is 5.41 Å². The number of hydrogen-bond acceptors (Lipinski definition) is 2. The molecule has 0 spiro atoms. The van der Waals surface area contributed by atoms with Gasteiger partial charge in [-0.1, -0.05) is 29.3 Å². The first-order valence-corrected chi connectivity index (χ1v) is 8.31. The van der Waals surface area contributed by atoms with Gasteiger partial charge in [-0.2, -0.15) is 0 Å². The van der Waals surface area contributed by atoms with Crippen molar-refractivity contribution in [2.75, 3.05) is 10.6 Å². The fourth-order valence-electron chi connectivity index (χ4n) is 2.44. The van der Waals surface area contributed by atoms with Gasteiger partial charge in [0, 0.05) is 21.4 Å². The maximum atomic E-state index is 12.6. The largest absolute Gasteiger partial charge is 0.325 e. The van der Waals surface area contributed by atoms with E-state index in [0.717, 1.165) is 5.56 Å². The topological polar surface area (TPSA) is 58.2 Å². The molecule has 0 aromatic heterocycles. The lowest BCUT2D eigenvalue weighted by molar-refractivity contribution is -0.131. The molecule has 0 aliphatic heterocycles. The van der Waals surface area contributed by atoms with E-state index in [-0.39, 0.29) is 11.8 Å².